The standard InChI is InChI=1S/C23H26N6O5.2ClH/c1-23(16-9-7-15(8-10-16)19(25)26)21(33)28(13-18(30)27-11-17(24)20(31)32)22(34)29(23)12-14-5-3-2-4-6-14;;/h2-10,17H,11-13,24H2,1H3,(H3,25,26)(H,27,30)(H,31,32);2*1H/t17-,23?;;/m0../s1. The van der Waals surface area contributed by atoms with Gasteiger partial charge in [0.2, 0.25) is 5.91 Å². The number of imide groups is 1. The zero-order chi connectivity index (χ0) is 25.0. The number of halogens is 2. The van der Waals surface area contributed by atoms with Crippen molar-refractivity contribution in [2.75, 3.05) is 13.1 Å². The minimum atomic E-state index is -1.43. The molecule has 0 aliphatic carbocycles. The van der Waals surface area contributed by atoms with E-state index < -0.39 is 41.9 Å². The van der Waals surface area contributed by atoms with Gasteiger partial charge in [0.25, 0.3) is 5.91 Å². The molecule has 4 amide bonds. The molecule has 3 rings (SSSR count). The quantitative estimate of drug-likeness (QED) is 0.179. The van der Waals surface area contributed by atoms with Crippen molar-refractivity contribution in [3.05, 3.63) is 71.3 Å². The maximum absolute atomic E-state index is 13.5. The van der Waals surface area contributed by atoms with E-state index in [0.29, 0.717) is 11.1 Å². The molecule has 2 aromatic carbocycles. The number of nitrogens with one attached hydrogen (secondary N) is 2. The number of amides is 4. The number of nitrogen functional groups attached to an aromatic ring is 1. The Morgan fingerprint density at radius 3 is 2.19 bits per heavy atom. The lowest BCUT2D eigenvalue weighted by atomic mass is 9.89. The summed E-state index contributed by atoms with van der Waals surface area (Å²) in [7, 11) is 0. The summed E-state index contributed by atoms with van der Waals surface area (Å²) in [5.74, 6) is -2.75. The van der Waals surface area contributed by atoms with E-state index in [2.05, 4.69) is 5.32 Å². The van der Waals surface area contributed by atoms with Crippen molar-refractivity contribution in [1.29, 1.82) is 5.41 Å². The van der Waals surface area contributed by atoms with Gasteiger partial charge in [0.1, 0.15) is 24.0 Å². The molecule has 1 heterocycles. The van der Waals surface area contributed by atoms with Crippen LogP contribution in [0.15, 0.2) is 54.6 Å². The van der Waals surface area contributed by atoms with Gasteiger partial charge < -0.3 is 26.8 Å². The SMILES string of the molecule is CC1(c2ccc(C(=N)N)cc2)C(=O)N(CC(=O)NC[C@H](N)C(=O)O)C(=O)N1Cc1ccccc1.Cl.Cl. The minimum absolute atomic E-state index is 0. The highest BCUT2D eigenvalue weighted by Gasteiger charge is 2.55. The fraction of sp³-hybridized carbons (Fsp3) is 0.261. The number of benzene rings is 2. The van der Waals surface area contributed by atoms with E-state index in [9.17, 15) is 19.2 Å². The smallest absolute Gasteiger partial charge is 0.328 e. The van der Waals surface area contributed by atoms with Crippen molar-refractivity contribution in [3.63, 3.8) is 0 Å². The molecule has 0 saturated carbocycles. The van der Waals surface area contributed by atoms with E-state index >= 15 is 0 Å². The largest absolute Gasteiger partial charge is 0.480 e. The summed E-state index contributed by atoms with van der Waals surface area (Å²) in [6.07, 6.45) is 0. The molecule has 0 radical (unpaired) electrons. The molecule has 1 aliphatic rings. The van der Waals surface area contributed by atoms with Crippen LogP contribution >= 0.6 is 24.8 Å². The molecular weight excluding hydrogens is 511 g/mol. The number of carbonyl (C=O) groups is 4. The number of amidine groups is 1. The van der Waals surface area contributed by atoms with Crippen LogP contribution in [0.25, 0.3) is 0 Å². The Morgan fingerprint density at radius 2 is 1.67 bits per heavy atom. The van der Waals surface area contributed by atoms with Crippen LogP contribution in [0.3, 0.4) is 0 Å². The van der Waals surface area contributed by atoms with Gasteiger partial charge in [-0.25, -0.2) is 4.79 Å². The normalized spacial score (nSPS) is 17.6. The topological polar surface area (TPSA) is 183 Å². The van der Waals surface area contributed by atoms with E-state index in [1.165, 1.54) is 4.90 Å². The van der Waals surface area contributed by atoms with Crippen LogP contribution in [0, 0.1) is 5.41 Å². The van der Waals surface area contributed by atoms with Crippen LogP contribution in [0.2, 0.25) is 0 Å². The molecule has 0 aromatic heterocycles. The third-order valence-electron chi connectivity index (χ3n) is 5.74. The van der Waals surface area contributed by atoms with Crippen molar-refractivity contribution >= 4 is 54.5 Å². The van der Waals surface area contributed by atoms with Gasteiger partial charge in [0.05, 0.1) is 0 Å². The number of carboxylic acid groups (broad SMARTS) is 1. The third kappa shape index (κ3) is 6.11. The number of nitrogens with two attached hydrogens (primary N) is 2. The van der Waals surface area contributed by atoms with Crippen molar-refractivity contribution in [1.82, 2.24) is 15.1 Å². The van der Waals surface area contributed by atoms with Gasteiger partial charge in [0.15, 0.2) is 0 Å². The molecule has 194 valence electrons. The molecule has 1 fully saturated rings. The monoisotopic (exact) mass is 538 g/mol. The molecule has 7 N–H and O–H groups in total. The van der Waals surface area contributed by atoms with Crippen LogP contribution < -0.4 is 16.8 Å². The van der Waals surface area contributed by atoms with Crippen molar-refractivity contribution in [3.8, 4) is 0 Å². The number of urea groups is 1. The van der Waals surface area contributed by atoms with E-state index in [4.69, 9.17) is 22.0 Å². The van der Waals surface area contributed by atoms with Gasteiger partial charge in [-0.15, -0.1) is 24.8 Å². The van der Waals surface area contributed by atoms with Crippen LogP contribution in [-0.2, 0) is 26.5 Å². The van der Waals surface area contributed by atoms with Gasteiger partial charge >= 0.3 is 12.0 Å². The number of hydrogen-bond acceptors (Lipinski definition) is 6. The Balaban J connectivity index is 0.00000324. The molecule has 36 heavy (non-hydrogen) atoms. The average Bonchev–Trinajstić information content (AvgIpc) is 2.99. The Morgan fingerprint density at radius 1 is 1.08 bits per heavy atom. The predicted octanol–water partition coefficient (Wildman–Crippen LogP) is 1.02. The Hall–Kier alpha value is -3.67. The maximum atomic E-state index is 13.5. The number of aliphatic carboxylic acids is 1. The lowest BCUT2D eigenvalue weighted by molar-refractivity contribution is -0.139. The summed E-state index contributed by atoms with van der Waals surface area (Å²) in [4.78, 5) is 52.3. The highest BCUT2D eigenvalue weighted by molar-refractivity contribution is 6.09. The summed E-state index contributed by atoms with van der Waals surface area (Å²) in [6, 6.07) is 13.5. The van der Waals surface area contributed by atoms with Crippen LogP contribution in [0.5, 0.6) is 0 Å². The molecule has 0 spiro atoms. The second-order valence-electron chi connectivity index (χ2n) is 8.06. The van der Waals surface area contributed by atoms with Crippen molar-refractivity contribution < 1.29 is 24.3 Å². The number of carbonyl (C=O) groups excluding carboxylic acids is 3. The van der Waals surface area contributed by atoms with Gasteiger partial charge in [-0.2, -0.15) is 0 Å². The van der Waals surface area contributed by atoms with Crippen LogP contribution in [-0.4, -0.2) is 63.7 Å². The van der Waals surface area contributed by atoms with Crippen molar-refractivity contribution in [2.45, 2.75) is 25.0 Å². The maximum Gasteiger partial charge on any atom is 0.328 e. The first-order valence-corrected chi connectivity index (χ1v) is 10.4. The first-order valence-electron chi connectivity index (χ1n) is 10.4. The lowest BCUT2D eigenvalue weighted by Crippen LogP contribution is -2.47. The molecule has 11 nitrogen and oxygen atoms in total. The van der Waals surface area contributed by atoms with E-state index in [-0.39, 0.29) is 43.7 Å². The van der Waals surface area contributed by atoms with E-state index in [0.717, 1.165) is 10.5 Å². The highest BCUT2D eigenvalue weighted by atomic mass is 35.5. The minimum Gasteiger partial charge on any atom is -0.480 e. The second kappa shape index (κ2) is 12.3. The molecule has 1 saturated heterocycles. The molecule has 1 aliphatic heterocycles. The zero-order valence-electron chi connectivity index (χ0n) is 19.3. The highest BCUT2D eigenvalue weighted by Crippen LogP contribution is 2.38. The van der Waals surface area contributed by atoms with Gasteiger partial charge in [-0.05, 0) is 18.1 Å². The fourth-order valence-corrected chi connectivity index (χ4v) is 3.70. The first-order chi connectivity index (χ1) is 16.1. The van der Waals surface area contributed by atoms with E-state index in [1.54, 1.807) is 31.2 Å². The second-order valence-corrected chi connectivity index (χ2v) is 8.06. The average molecular weight is 539 g/mol. The summed E-state index contributed by atoms with van der Waals surface area (Å²) in [5.41, 5.74) is 11.2. The van der Waals surface area contributed by atoms with Crippen molar-refractivity contribution in [2.24, 2.45) is 11.5 Å². The summed E-state index contributed by atoms with van der Waals surface area (Å²) in [6.45, 7) is 0.772. The molecule has 2 aromatic rings. The fourth-order valence-electron chi connectivity index (χ4n) is 3.70. The Kier molecular flexibility index (Phi) is 10.4. The number of rotatable bonds is 9. The van der Waals surface area contributed by atoms with E-state index in [1.807, 2.05) is 30.3 Å². The number of carboxylic acids is 1. The Bertz CT molecular complexity index is 1130. The molecule has 2 atom stereocenters. The summed E-state index contributed by atoms with van der Waals surface area (Å²) < 4.78 is 0. The molecule has 1 unspecified atom stereocenters. The molecule has 0 bridgehead atoms. The van der Waals surface area contributed by atoms with Gasteiger partial charge in [-0.3, -0.25) is 24.7 Å². The molecule has 13 heteroatoms. The zero-order valence-corrected chi connectivity index (χ0v) is 21.0. The van der Waals surface area contributed by atoms with Gasteiger partial charge in [-0.1, -0.05) is 54.6 Å². The summed E-state index contributed by atoms with van der Waals surface area (Å²) >= 11 is 0. The number of nitrogens with zero attached hydrogens (tertiary/aromatic N) is 2. The first kappa shape index (κ1) is 30.4. The van der Waals surface area contributed by atoms with Crippen LogP contribution in [0.1, 0.15) is 23.6 Å². The lowest BCUT2D eigenvalue weighted by Gasteiger charge is -2.32. The third-order valence-corrected chi connectivity index (χ3v) is 5.74. The Labute approximate surface area is 220 Å². The number of hydrogen-bond donors (Lipinski definition) is 5. The van der Waals surface area contributed by atoms with Crippen LogP contribution in [0.4, 0.5) is 4.79 Å². The molecular formula is C23H28Cl2N6O5. The van der Waals surface area contributed by atoms with Gasteiger partial charge in [0, 0.05) is 18.7 Å². The summed E-state index contributed by atoms with van der Waals surface area (Å²) in [5, 5.41) is 18.8. The predicted molar refractivity (Wildman–Crippen MR) is 137 cm³/mol.